The van der Waals surface area contributed by atoms with Gasteiger partial charge in [-0.15, -0.1) is 0 Å². The van der Waals surface area contributed by atoms with Crippen LogP contribution in [0.3, 0.4) is 0 Å². The molecule has 1 saturated carbocycles. The van der Waals surface area contributed by atoms with Crippen molar-refractivity contribution in [3.05, 3.63) is 69.1 Å². The summed E-state index contributed by atoms with van der Waals surface area (Å²) in [6.07, 6.45) is 4.02. The maximum Gasteiger partial charge on any atom is 0.277 e. The maximum atomic E-state index is 12.8. The highest BCUT2D eigenvalue weighted by molar-refractivity contribution is 6.31. The van der Waals surface area contributed by atoms with Gasteiger partial charge in [-0.2, -0.15) is 0 Å². The number of anilines is 1. The molecule has 2 aliphatic rings. The van der Waals surface area contributed by atoms with Gasteiger partial charge in [-0.3, -0.25) is 4.79 Å². The van der Waals surface area contributed by atoms with E-state index < -0.39 is 0 Å². The highest BCUT2D eigenvalue weighted by Crippen LogP contribution is 2.37. The van der Waals surface area contributed by atoms with Crippen molar-refractivity contribution in [2.45, 2.75) is 31.3 Å². The minimum Gasteiger partial charge on any atom is -0.376 e. The molecule has 0 bridgehead atoms. The number of fused-ring (bicyclic) bond motifs is 1. The fraction of sp³-hybridized carbons (Fsp3) is 0.333. The van der Waals surface area contributed by atoms with Crippen LogP contribution >= 0.6 is 11.6 Å². The molecule has 5 rings (SSSR count). The molecule has 3 aromatic rings. The molecular formula is C21H20ClN3O2. The first-order valence-electron chi connectivity index (χ1n) is 9.21. The number of aromatic nitrogens is 2. The number of hydrogen-bond donors (Lipinski definition) is 1. The number of pyridine rings is 2. The van der Waals surface area contributed by atoms with E-state index in [4.69, 9.17) is 16.3 Å². The molecule has 6 heteroatoms. The van der Waals surface area contributed by atoms with E-state index in [-0.39, 0.29) is 11.1 Å². The van der Waals surface area contributed by atoms with Crippen molar-refractivity contribution in [1.82, 2.24) is 9.55 Å². The second-order valence-corrected chi connectivity index (χ2v) is 7.91. The lowest BCUT2D eigenvalue weighted by Crippen LogP contribution is -2.53. The Kier molecular flexibility index (Phi) is 3.78. The van der Waals surface area contributed by atoms with Crippen molar-refractivity contribution >= 4 is 28.3 Å². The summed E-state index contributed by atoms with van der Waals surface area (Å²) in [5.41, 5.74) is 2.25. The van der Waals surface area contributed by atoms with Crippen molar-refractivity contribution < 1.29 is 4.74 Å². The molecule has 5 nitrogen and oxygen atoms in total. The van der Waals surface area contributed by atoms with E-state index in [9.17, 15) is 4.79 Å². The summed E-state index contributed by atoms with van der Waals surface area (Å²) >= 11 is 6.33. The monoisotopic (exact) mass is 381 g/mol. The molecule has 0 unspecified atom stereocenters. The smallest absolute Gasteiger partial charge is 0.277 e. The fourth-order valence-corrected chi connectivity index (χ4v) is 3.98. The van der Waals surface area contributed by atoms with Gasteiger partial charge >= 0.3 is 0 Å². The molecule has 0 radical (unpaired) electrons. The molecule has 27 heavy (non-hydrogen) atoms. The highest BCUT2D eigenvalue weighted by Gasteiger charge is 2.42. The van der Waals surface area contributed by atoms with Gasteiger partial charge in [0.15, 0.2) is 0 Å². The molecule has 138 valence electrons. The Morgan fingerprint density at radius 2 is 2.04 bits per heavy atom. The number of ether oxygens (including phenoxy) is 1. The van der Waals surface area contributed by atoms with Crippen LogP contribution in [0.25, 0.3) is 10.9 Å². The van der Waals surface area contributed by atoms with Crippen LogP contribution in [0.15, 0.2) is 47.4 Å². The third-order valence-corrected chi connectivity index (χ3v) is 5.98. The number of nitrogens with one attached hydrogen (secondary N) is 1. The molecule has 1 aliphatic carbocycles. The van der Waals surface area contributed by atoms with E-state index in [2.05, 4.69) is 16.4 Å². The second kappa shape index (κ2) is 6.08. The van der Waals surface area contributed by atoms with E-state index in [1.54, 1.807) is 0 Å². The normalized spacial score (nSPS) is 18.3. The minimum absolute atomic E-state index is 0.0171. The summed E-state index contributed by atoms with van der Waals surface area (Å²) in [4.78, 5) is 17.5. The van der Waals surface area contributed by atoms with Gasteiger partial charge in [-0.1, -0.05) is 23.7 Å². The SMILES string of the molecule is Cc1c(Cl)cccc1C1(Nc2ccc3ccn(C4CC4)c(=O)c3n2)COC1. The van der Waals surface area contributed by atoms with E-state index in [1.165, 1.54) is 0 Å². The molecule has 1 aromatic carbocycles. The molecule has 2 fully saturated rings. The van der Waals surface area contributed by atoms with E-state index in [1.807, 2.05) is 48.0 Å². The van der Waals surface area contributed by atoms with Gasteiger partial charge in [0, 0.05) is 22.6 Å². The lowest BCUT2D eigenvalue weighted by molar-refractivity contribution is -0.0451. The first-order chi connectivity index (χ1) is 13.1. The summed E-state index contributed by atoms with van der Waals surface area (Å²) in [6.45, 7) is 3.09. The van der Waals surface area contributed by atoms with Gasteiger partial charge in [0.2, 0.25) is 0 Å². The third kappa shape index (κ3) is 2.73. The number of rotatable bonds is 4. The van der Waals surface area contributed by atoms with Crippen molar-refractivity contribution in [1.29, 1.82) is 0 Å². The Bertz CT molecular complexity index is 1100. The molecule has 0 atom stereocenters. The van der Waals surface area contributed by atoms with Crippen LogP contribution in [0.4, 0.5) is 5.82 Å². The first kappa shape index (κ1) is 16.8. The van der Waals surface area contributed by atoms with Crippen LogP contribution in [-0.4, -0.2) is 22.8 Å². The molecule has 1 aliphatic heterocycles. The van der Waals surface area contributed by atoms with Crippen LogP contribution in [-0.2, 0) is 10.3 Å². The average molecular weight is 382 g/mol. The number of nitrogens with zero attached hydrogens (tertiary/aromatic N) is 2. The lowest BCUT2D eigenvalue weighted by Gasteiger charge is -2.43. The van der Waals surface area contributed by atoms with Crippen molar-refractivity contribution in [3.8, 4) is 0 Å². The minimum atomic E-state index is -0.375. The van der Waals surface area contributed by atoms with Crippen LogP contribution in [0, 0.1) is 6.92 Å². The lowest BCUT2D eigenvalue weighted by atomic mass is 9.85. The van der Waals surface area contributed by atoms with Crippen LogP contribution in [0.2, 0.25) is 5.02 Å². The molecular weight excluding hydrogens is 362 g/mol. The van der Waals surface area contributed by atoms with E-state index >= 15 is 0 Å². The van der Waals surface area contributed by atoms with Gasteiger partial charge in [0.05, 0.1) is 13.2 Å². The highest BCUT2D eigenvalue weighted by atomic mass is 35.5. The van der Waals surface area contributed by atoms with Crippen LogP contribution < -0.4 is 10.9 Å². The summed E-state index contributed by atoms with van der Waals surface area (Å²) in [5.74, 6) is 0.677. The van der Waals surface area contributed by atoms with Gasteiger partial charge in [0.1, 0.15) is 16.9 Å². The zero-order chi connectivity index (χ0) is 18.6. The Hall–Kier alpha value is -2.37. The Balaban J connectivity index is 1.56. The second-order valence-electron chi connectivity index (χ2n) is 7.51. The maximum absolute atomic E-state index is 12.8. The summed E-state index contributed by atoms with van der Waals surface area (Å²) in [6, 6.07) is 12.1. The van der Waals surface area contributed by atoms with E-state index in [0.29, 0.717) is 30.6 Å². The topological polar surface area (TPSA) is 56.2 Å². The predicted molar refractivity (Wildman–Crippen MR) is 107 cm³/mol. The van der Waals surface area contributed by atoms with Crippen molar-refractivity contribution in [2.24, 2.45) is 0 Å². The molecule has 1 N–H and O–H groups in total. The van der Waals surface area contributed by atoms with Gasteiger partial charge in [0.25, 0.3) is 5.56 Å². The summed E-state index contributed by atoms with van der Waals surface area (Å²) in [7, 11) is 0. The Morgan fingerprint density at radius 3 is 2.74 bits per heavy atom. The first-order valence-corrected chi connectivity index (χ1v) is 9.59. The molecule has 0 spiro atoms. The fourth-order valence-electron chi connectivity index (χ4n) is 3.81. The largest absolute Gasteiger partial charge is 0.376 e. The predicted octanol–water partition coefficient (Wildman–Crippen LogP) is 4.03. The Labute approximate surface area is 161 Å². The van der Waals surface area contributed by atoms with Crippen LogP contribution in [0.5, 0.6) is 0 Å². The quantitative estimate of drug-likeness (QED) is 0.741. The summed E-state index contributed by atoms with van der Waals surface area (Å²) < 4.78 is 7.34. The molecule has 1 saturated heterocycles. The van der Waals surface area contributed by atoms with Gasteiger partial charge < -0.3 is 14.6 Å². The van der Waals surface area contributed by atoms with Crippen molar-refractivity contribution in [2.75, 3.05) is 18.5 Å². The van der Waals surface area contributed by atoms with E-state index in [0.717, 1.165) is 34.4 Å². The Morgan fingerprint density at radius 1 is 1.22 bits per heavy atom. The third-order valence-electron chi connectivity index (χ3n) is 5.57. The zero-order valence-electron chi connectivity index (χ0n) is 15.0. The standard InChI is InChI=1S/C21H20ClN3O2/c1-13-16(3-2-4-17(13)22)21(11-27-12-21)24-18-8-5-14-9-10-25(15-6-7-15)20(26)19(14)23-18/h2-5,8-10,15H,6-7,11-12H2,1H3,(H,23,24). The number of halogens is 1. The number of hydrogen-bond acceptors (Lipinski definition) is 4. The molecule has 2 aromatic heterocycles. The van der Waals surface area contributed by atoms with Crippen molar-refractivity contribution in [3.63, 3.8) is 0 Å². The summed E-state index contributed by atoms with van der Waals surface area (Å²) in [5, 5.41) is 5.11. The van der Waals surface area contributed by atoms with Crippen LogP contribution in [0.1, 0.15) is 30.0 Å². The molecule has 3 heterocycles. The number of benzene rings is 1. The average Bonchev–Trinajstić information content (AvgIpc) is 3.46. The zero-order valence-corrected chi connectivity index (χ0v) is 15.8. The molecule has 0 amide bonds. The van der Waals surface area contributed by atoms with Gasteiger partial charge in [-0.25, -0.2) is 4.98 Å². The van der Waals surface area contributed by atoms with Gasteiger partial charge in [-0.05, 0) is 55.2 Å².